The van der Waals surface area contributed by atoms with Crippen LogP contribution in [0.2, 0.25) is 10.0 Å². The van der Waals surface area contributed by atoms with E-state index in [2.05, 4.69) is 10.3 Å². The highest BCUT2D eigenvalue weighted by molar-refractivity contribution is 6.31. The number of H-pyrrole nitrogens is 1. The van der Waals surface area contributed by atoms with E-state index in [1.165, 1.54) is 0 Å². The number of rotatable bonds is 3. The molecule has 1 aromatic heterocycles. The fourth-order valence-corrected chi connectivity index (χ4v) is 2.97. The zero-order chi connectivity index (χ0) is 17.3. The van der Waals surface area contributed by atoms with E-state index in [0.717, 1.165) is 23.1 Å². The Kier molecular flexibility index (Phi) is 4.78. The first-order chi connectivity index (χ1) is 11.4. The number of pyridine rings is 1. The van der Waals surface area contributed by atoms with Crippen LogP contribution in [0.3, 0.4) is 0 Å². The number of hydrogen-bond donors (Lipinski definition) is 2. The summed E-state index contributed by atoms with van der Waals surface area (Å²) < 4.78 is 0. The van der Waals surface area contributed by atoms with Gasteiger partial charge in [-0.1, -0.05) is 41.4 Å². The predicted molar refractivity (Wildman–Crippen MR) is 96.5 cm³/mol. The van der Waals surface area contributed by atoms with Gasteiger partial charge in [0.2, 0.25) is 5.91 Å². The second-order valence-electron chi connectivity index (χ2n) is 5.81. The first-order valence-electron chi connectivity index (χ1n) is 7.61. The molecule has 0 saturated carbocycles. The van der Waals surface area contributed by atoms with Crippen molar-refractivity contribution in [1.29, 1.82) is 0 Å². The quantitative estimate of drug-likeness (QED) is 0.874. The summed E-state index contributed by atoms with van der Waals surface area (Å²) in [5.74, 6) is 0.0298. The molecule has 0 bridgehead atoms. The molecule has 1 aliphatic rings. The molecule has 2 aromatic rings. The summed E-state index contributed by atoms with van der Waals surface area (Å²) in [5, 5.41) is 3.69. The summed E-state index contributed by atoms with van der Waals surface area (Å²) in [4.78, 5) is 26.1. The maximum Gasteiger partial charge on any atom is 0.267 e. The highest BCUT2D eigenvalue weighted by atomic mass is 35.5. The Balaban J connectivity index is 2.10. The average molecular weight is 363 g/mol. The van der Waals surface area contributed by atoms with Gasteiger partial charge >= 0.3 is 0 Å². The highest BCUT2D eigenvalue weighted by Gasteiger charge is 2.20. The van der Waals surface area contributed by atoms with Crippen molar-refractivity contribution >= 4 is 34.7 Å². The molecular formula is C18H16Cl2N2O2. The SMILES string of the molecule is Cc1ccc(C(=C[C@H]2CCC(=O)N2)c2ccc(Cl)c(=O)[nH]2)cc1Cl. The number of hydrogen-bond acceptors (Lipinski definition) is 2. The Bertz CT molecular complexity index is 887. The normalized spacial score (nSPS) is 17.9. The van der Waals surface area contributed by atoms with Crippen LogP contribution in [0.25, 0.3) is 5.57 Å². The van der Waals surface area contributed by atoms with Crippen LogP contribution >= 0.6 is 23.2 Å². The van der Waals surface area contributed by atoms with Crippen molar-refractivity contribution < 1.29 is 4.79 Å². The molecule has 3 rings (SSSR count). The molecule has 0 radical (unpaired) electrons. The molecule has 124 valence electrons. The van der Waals surface area contributed by atoms with Gasteiger partial charge in [0.15, 0.2) is 0 Å². The Labute approximate surface area is 149 Å². The molecule has 1 amide bonds. The summed E-state index contributed by atoms with van der Waals surface area (Å²) in [6.45, 7) is 1.93. The van der Waals surface area contributed by atoms with Gasteiger partial charge in [0.05, 0.1) is 0 Å². The Hall–Kier alpha value is -2.04. The fraction of sp³-hybridized carbons (Fsp3) is 0.222. The van der Waals surface area contributed by atoms with E-state index >= 15 is 0 Å². The first-order valence-corrected chi connectivity index (χ1v) is 8.36. The molecule has 1 atom stereocenters. The third-order valence-electron chi connectivity index (χ3n) is 4.03. The van der Waals surface area contributed by atoms with Crippen molar-refractivity contribution in [3.63, 3.8) is 0 Å². The van der Waals surface area contributed by atoms with Gasteiger partial charge in [0.1, 0.15) is 5.02 Å². The van der Waals surface area contributed by atoms with Gasteiger partial charge in [-0.25, -0.2) is 0 Å². The van der Waals surface area contributed by atoms with Crippen LogP contribution in [0.15, 0.2) is 41.2 Å². The smallest absolute Gasteiger partial charge is 0.267 e. The third kappa shape index (κ3) is 3.55. The van der Waals surface area contributed by atoms with Crippen LogP contribution in [-0.2, 0) is 4.79 Å². The molecule has 0 aliphatic carbocycles. The maximum atomic E-state index is 11.9. The highest BCUT2D eigenvalue weighted by Crippen LogP contribution is 2.28. The van der Waals surface area contributed by atoms with Gasteiger partial charge in [0.25, 0.3) is 5.56 Å². The molecule has 4 nitrogen and oxygen atoms in total. The van der Waals surface area contributed by atoms with E-state index in [9.17, 15) is 9.59 Å². The lowest BCUT2D eigenvalue weighted by Gasteiger charge is -2.13. The molecule has 24 heavy (non-hydrogen) atoms. The minimum atomic E-state index is -0.353. The summed E-state index contributed by atoms with van der Waals surface area (Å²) >= 11 is 12.1. The summed E-state index contributed by atoms with van der Waals surface area (Å²) in [6.07, 6.45) is 3.17. The molecule has 1 aromatic carbocycles. The zero-order valence-electron chi connectivity index (χ0n) is 13.0. The number of aromatic nitrogens is 1. The molecule has 0 unspecified atom stereocenters. The predicted octanol–water partition coefficient (Wildman–Crippen LogP) is 3.70. The van der Waals surface area contributed by atoms with Crippen LogP contribution in [0.1, 0.15) is 29.7 Å². The van der Waals surface area contributed by atoms with Crippen molar-refractivity contribution in [3.05, 3.63) is 73.6 Å². The van der Waals surface area contributed by atoms with Crippen LogP contribution in [-0.4, -0.2) is 16.9 Å². The van der Waals surface area contributed by atoms with Crippen LogP contribution in [0.5, 0.6) is 0 Å². The summed E-state index contributed by atoms with van der Waals surface area (Å²) in [7, 11) is 0. The molecule has 2 N–H and O–H groups in total. The topological polar surface area (TPSA) is 62.0 Å². The molecule has 1 fully saturated rings. The Morgan fingerprint density at radius 2 is 1.96 bits per heavy atom. The lowest BCUT2D eigenvalue weighted by Crippen LogP contribution is -2.23. The van der Waals surface area contributed by atoms with Gasteiger partial charge in [-0.15, -0.1) is 0 Å². The standard InChI is InChI=1S/C18H16Cl2N2O2/c1-10-2-3-11(8-15(10)20)13(9-12-4-7-17(23)21-12)16-6-5-14(19)18(24)22-16/h2-3,5-6,8-9,12H,4,7H2,1H3,(H,21,23)(H,22,24)/t12-/m1/s1. The van der Waals surface area contributed by atoms with Crippen molar-refractivity contribution in [2.75, 3.05) is 0 Å². The number of carbonyl (C=O) groups is 1. The molecular weight excluding hydrogens is 347 g/mol. The number of carbonyl (C=O) groups excluding carboxylic acids is 1. The number of aryl methyl sites for hydroxylation is 1. The average Bonchev–Trinajstić information content (AvgIpc) is 2.96. The monoisotopic (exact) mass is 362 g/mol. The van der Waals surface area contributed by atoms with Crippen molar-refractivity contribution in [2.24, 2.45) is 0 Å². The van der Waals surface area contributed by atoms with Crippen molar-refractivity contribution in [3.8, 4) is 0 Å². The van der Waals surface area contributed by atoms with E-state index < -0.39 is 0 Å². The maximum absolute atomic E-state index is 11.9. The minimum Gasteiger partial charge on any atom is -0.350 e. The summed E-state index contributed by atoms with van der Waals surface area (Å²) in [6, 6.07) is 8.95. The number of aromatic amines is 1. The number of benzene rings is 1. The fourth-order valence-electron chi connectivity index (χ4n) is 2.68. The molecule has 1 aliphatic heterocycles. The van der Waals surface area contributed by atoms with E-state index in [0.29, 0.717) is 17.1 Å². The van der Waals surface area contributed by atoms with Gasteiger partial charge in [-0.3, -0.25) is 9.59 Å². The first kappa shape index (κ1) is 16.8. The van der Waals surface area contributed by atoms with E-state index in [4.69, 9.17) is 23.2 Å². The third-order valence-corrected chi connectivity index (χ3v) is 4.74. The largest absolute Gasteiger partial charge is 0.350 e. The van der Waals surface area contributed by atoms with Crippen molar-refractivity contribution in [1.82, 2.24) is 10.3 Å². The van der Waals surface area contributed by atoms with Gasteiger partial charge < -0.3 is 10.3 Å². The van der Waals surface area contributed by atoms with Gasteiger partial charge in [-0.05, 0) is 42.7 Å². The van der Waals surface area contributed by atoms with E-state index in [-0.39, 0.29) is 22.5 Å². The summed E-state index contributed by atoms with van der Waals surface area (Å²) in [5.41, 5.74) is 2.92. The second kappa shape index (κ2) is 6.83. The van der Waals surface area contributed by atoms with Gasteiger partial charge in [0, 0.05) is 28.8 Å². The lowest BCUT2D eigenvalue weighted by molar-refractivity contribution is -0.119. The lowest BCUT2D eigenvalue weighted by atomic mass is 9.98. The molecule has 1 saturated heterocycles. The Morgan fingerprint density at radius 3 is 2.58 bits per heavy atom. The van der Waals surface area contributed by atoms with E-state index in [1.54, 1.807) is 12.1 Å². The van der Waals surface area contributed by atoms with Gasteiger partial charge in [-0.2, -0.15) is 0 Å². The van der Waals surface area contributed by atoms with Crippen LogP contribution in [0.4, 0.5) is 0 Å². The van der Waals surface area contributed by atoms with E-state index in [1.807, 2.05) is 31.2 Å². The van der Waals surface area contributed by atoms with Crippen LogP contribution < -0.4 is 10.9 Å². The second-order valence-corrected chi connectivity index (χ2v) is 6.62. The molecule has 6 heteroatoms. The number of amides is 1. The van der Waals surface area contributed by atoms with Crippen molar-refractivity contribution in [2.45, 2.75) is 25.8 Å². The molecule has 0 spiro atoms. The number of halogens is 2. The molecule has 2 heterocycles. The van der Waals surface area contributed by atoms with Crippen LogP contribution in [0, 0.1) is 6.92 Å². The number of nitrogens with one attached hydrogen (secondary N) is 2. The minimum absolute atomic E-state index is 0.0298. The Morgan fingerprint density at radius 1 is 1.17 bits per heavy atom. The zero-order valence-corrected chi connectivity index (χ0v) is 14.5.